The summed E-state index contributed by atoms with van der Waals surface area (Å²) in [5.74, 6) is -0.176. The standard InChI is InChI=1S/C21H30FN3O/c22-18-8-6-17(7-9-18)19(24-12-2-1-3-13-24)20(26)23-16-21-10-4-14-25(21)15-5-11-21/h6-9,19H,1-5,10-16H2,(H,23,26)/t19-/m0/s1. The number of amides is 1. The highest BCUT2D eigenvalue weighted by molar-refractivity contribution is 5.83. The van der Waals surface area contributed by atoms with Gasteiger partial charge >= 0.3 is 0 Å². The molecule has 1 aromatic carbocycles. The molecule has 3 aliphatic rings. The molecule has 0 unspecified atom stereocenters. The lowest BCUT2D eigenvalue weighted by Crippen LogP contribution is -2.51. The predicted octanol–water partition coefficient (Wildman–Crippen LogP) is 3.10. The Balaban J connectivity index is 1.49. The lowest BCUT2D eigenvalue weighted by Gasteiger charge is -2.36. The fraction of sp³-hybridized carbons (Fsp3) is 0.667. The van der Waals surface area contributed by atoms with Gasteiger partial charge in [-0.15, -0.1) is 0 Å². The molecule has 0 radical (unpaired) electrons. The van der Waals surface area contributed by atoms with Crippen LogP contribution in [-0.4, -0.2) is 54.0 Å². The first-order valence-corrected chi connectivity index (χ1v) is 10.2. The van der Waals surface area contributed by atoms with Crippen molar-refractivity contribution in [2.45, 2.75) is 56.5 Å². The summed E-state index contributed by atoms with van der Waals surface area (Å²) < 4.78 is 13.4. The van der Waals surface area contributed by atoms with E-state index in [0.717, 1.165) is 38.0 Å². The fourth-order valence-corrected chi connectivity index (χ4v) is 5.21. The molecule has 1 amide bonds. The molecule has 1 N–H and O–H groups in total. The number of carbonyl (C=O) groups is 1. The van der Waals surface area contributed by atoms with Crippen LogP contribution < -0.4 is 5.32 Å². The number of halogens is 1. The Hall–Kier alpha value is -1.46. The number of piperidine rings is 1. The van der Waals surface area contributed by atoms with Crippen molar-refractivity contribution in [1.29, 1.82) is 0 Å². The summed E-state index contributed by atoms with van der Waals surface area (Å²) in [6.07, 6.45) is 8.35. The van der Waals surface area contributed by atoms with Crippen molar-refractivity contribution < 1.29 is 9.18 Å². The summed E-state index contributed by atoms with van der Waals surface area (Å²) in [7, 11) is 0. The molecule has 0 spiro atoms. The number of hydrogen-bond donors (Lipinski definition) is 1. The number of likely N-dealkylation sites (tertiary alicyclic amines) is 1. The molecular formula is C21H30FN3O. The topological polar surface area (TPSA) is 35.6 Å². The van der Waals surface area contributed by atoms with Crippen LogP contribution in [0.25, 0.3) is 0 Å². The molecule has 3 saturated heterocycles. The van der Waals surface area contributed by atoms with E-state index in [1.165, 1.54) is 57.3 Å². The van der Waals surface area contributed by atoms with Crippen LogP contribution in [0, 0.1) is 5.82 Å². The number of hydrogen-bond acceptors (Lipinski definition) is 3. The summed E-state index contributed by atoms with van der Waals surface area (Å²) >= 11 is 0. The van der Waals surface area contributed by atoms with Gasteiger partial charge in [0.1, 0.15) is 11.9 Å². The molecule has 1 atom stereocenters. The SMILES string of the molecule is O=C(NCC12CCCN1CCC2)[C@H](c1ccc(F)cc1)N1CCCCC1. The zero-order valence-corrected chi connectivity index (χ0v) is 15.6. The number of carbonyl (C=O) groups excluding carboxylic acids is 1. The van der Waals surface area contributed by atoms with Crippen LogP contribution in [0.5, 0.6) is 0 Å². The molecule has 26 heavy (non-hydrogen) atoms. The first-order chi connectivity index (χ1) is 12.7. The average molecular weight is 359 g/mol. The van der Waals surface area contributed by atoms with Gasteiger partial charge in [0, 0.05) is 12.1 Å². The molecule has 0 bridgehead atoms. The smallest absolute Gasteiger partial charge is 0.242 e. The van der Waals surface area contributed by atoms with Gasteiger partial charge in [-0.25, -0.2) is 4.39 Å². The maximum absolute atomic E-state index is 13.4. The molecule has 142 valence electrons. The molecular weight excluding hydrogens is 329 g/mol. The van der Waals surface area contributed by atoms with Crippen LogP contribution in [0.2, 0.25) is 0 Å². The monoisotopic (exact) mass is 359 g/mol. The van der Waals surface area contributed by atoms with Gasteiger partial charge in [-0.05, 0) is 82.4 Å². The van der Waals surface area contributed by atoms with E-state index in [9.17, 15) is 9.18 Å². The number of nitrogens with zero attached hydrogens (tertiary/aromatic N) is 2. The van der Waals surface area contributed by atoms with E-state index in [4.69, 9.17) is 0 Å². The van der Waals surface area contributed by atoms with Crippen LogP contribution in [0.3, 0.4) is 0 Å². The van der Waals surface area contributed by atoms with Gasteiger partial charge in [-0.1, -0.05) is 18.6 Å². The molecule has 0 saturated carbocycles. The highest BCUT2D eigenvalue weighted by Gasteiger charge is 2.44. The second-order valence-corrected chi connectivity index (χ2v) is 8.19. The normalized spacial score (nSPS) is 24.3. The van der Waals surface area contributed by atoms with E-state index < -0.39 is 0 Å². The third kappa shape index (κ3) is 3.52. The fourth-order valence-electron chi connectivity index (χ4n) is 5.21. The van der Waals surface area contributed by atoms with Crippen LogP contribution in [0.4, 0.5) is 4.39 Å². The van der Waals surface area contributed by atoms with Crippen molar-refractivity contribution >= 4 is 5.91 Å². The van der Waals surface area contributed by atoms with Gasteiger partial charge in [0.25, 0.3) is 0 Å². The first kappa shape index (κ1) is 17.9. The third-order valence-electron chi connectivity index (χ3n) is 6.59. The van der Waals surface area contributed by atoms with Crippen molar-refractivity contribution in [3.63, 3.8) is 0 Å². The highest BCUT2D eigenvalue weighted by Crippen LogP contribution is 2.38. The minimum atomic E-state index is -0.302. The molecule has 0 aromatic heterocycles. The largest absolute Gasteiger partial charge is 0.353 e. The Morgan fingerprint density at radius 3 is 2.31 bits per heavy atom. The molecule has 5 heteroatoms. The van der Waals surface area contributed by atoms with E-state index in [2.05, 4.69) is 15.1 Å². The van der Waals surface area contributed by atoms with E-state index in [0.29, 0.717) is 0 Å². The van der Waals surface area contributed by atoms with Gasteiger partial charge < -0.3 is 5.32 Å². The molecule has 3 fully saturated rings. The number of fused-ring (bicyclic) bond motifs is 1. The van der Waals surface area contributed by atoms with Gasteiger partial charge in [-0.3, -0.25) is 14.6 Å². The van der Waals surface area contributed by atoms with Crippen LogP contribution in [-0.2, 0) is 4.79 Å². The van der Waals surface area contributed by atoms with Crippen molar-refractivity contribution in [2.24, 2.45) is 0 Å². The molecule has 3 aliphatic heterocycles. The highest BCUT2D eigenvalue weighted by atomic mass is 19.1. The number of nitrogens with one attached hydrogen (secondary N) is 1. The third-order valence-corrected chi connectivity index (χ3v) is 6.59. The number of rotatable bonds is 5. The predicted molar refractivity (Wildman–Crippen MR) is 100 cm³/mol. The Labute approximate surface area is 155 Å². The van der Waals surface area contributed by atoms with Crippen molar-refractivity contribution in [2.75, 3.05) is 32.7 Å². The Morgan fingerprint density at radius 1 is 1.00 bits per heavy atom. The summed E-state index contributed by atoms with van der Waals surface area (Å²) in [5.41, 5.74) is 1.09. The Morgan fingerprint density at radius 2 is 1.65 bits per heavy atom. The van der Waals surface area contributed by atoms with E-state index in [1.807, 2.05) is 0 Å². The molecule has 4 nitrogen and oxygen atoms in total. The Bertz CT molecular complexity index is 617. The second-order valence-electron chi connectivity index (χ2n) is 8.19. The minimum absolute atomic E-state index is 0.0756. The number of benzene rings is 1. The summed E-state index contributed by atoms with van der Waals surface area (Å²) in [5, 5.41) is 3.28. The summed E-state index contributed by atoms with van der Waals surface area (Å²) in [6, 6.07) is 6.17. The Kier molecular flexibility index (Phi) is 5.28. The van der Waals surface area contributed by atoms with E-state index in [-0.39, 0.29) is 23.3 Å². The van der Waals surface area contributed by atoms with E-state index >= 15 is 0 Å². The van der Waals surface area contributed by atoms with Crippen molar-refractivity contribution in [3.8, 4) is 0 Å². The van der Waals surface area contributed by atoms with Crippen molar-refractivity contribution in [3.05, 3.63) is 35.6 Å². The summed E-state index contributed by atoms with van der Waals surface area (Å²) in [4.78, 5) is 18.0. The van der Waals surface area contributed by atoms with Crippen LogP contribution >= 0.6 is 0 Å². The second kappa shape index (κ2) is 7.65. The minimum Gasteiger partial charge on any atom is -0.353 e. The van der Waals surface area contributed by atoms with Gasteiger partial charge in [0.2, 0.25) is 5.91 Å². The molecule has 0 aliphatic carbocycles. The van der Waals surface area contributed by atoms with Crippen LogP contribution in [0.1, 0.15) is 56.6 Å². The maximum Gasteiger partial charge on any atom is 0.242 e. The lowest BCUT2D eigenvalue weighted by atomic mass is 9.93. The maximum atomic E-state index is 13.4. The summed E-state index contributed by atoms with van der Waals surface area (Å²) in [6.45, 7) is 4.96. The average Bonchev–Trinajstić information content (AvgIpc) is 3.23. The zero-order valence-electron chi connectivity index (χ0n) is 15.6. The quantitative estimate of drug-likeness (QED) is 0.877. The van der Waals surface area contributed by atoms with Gasteiger partial charge in [-0.2, -0.15) is 0 Å². The van der Waals surface area contributed by atoms with Gasteiger partial charge in [0.05, 0.1) is 0 Å². The molecule has 4 rings (SSSR count). The lowest BCUT2D eigenvalue weighted by molar-refractivity contribution is -0.127. The molecule has 3 heterocycles. The van der Waals surface area contributed by atoms with Crippen LogP contribution in [0.15, 0.2) is 24.3 Å². The van der Waals surface area contributed by atoms with E-state index in [1.54, 1.807) is 12.1 Å². The molecule has 1 aromatic rings. The zero-order chi connectivity index (χ0) is 18.0. The van der Waals surface area contributed by atoms with Crippen molar-refractivity contribution in [1.82, 2.24) is 15.1 Å². The van der Waals surface area contributed by atoms with Gasteiger partial charge in [0.15, 0.2) is 0 Å². The first-order valence-electron chi connectivity index (χ1n) is 10.2.